The molecular formula is C13H11ClFN3O. The van der Waals surface area contributed by atoms with E-state index in [2.05, 4.69) is 9.97 Å². The molecule has 0 aliphatic heterocycles. The van der Waals surface area contributed by atoms with Gasteiger partial charge in [-0.1, -0.05) is 24.6 Å². The van der Waals surface area contributed by atoms with Crippen LogP contribution in [0.25, 0.3) is 11.2 Å². The quantitative estimate of drug-likeness (QED) is 0.873. The number of aromatic amines is 1. The highest BCUT2D eigenvalue weighted by Crippen LogP contribution is 2.37. The van der Waals surface area contributed by atoms with Crippen molar-refractivity contribution in [3.05, 3.63) is 51.8 Å². The van der Waals surface area contributed by atoms with Crippen molar-refractivity contribution in [1.82, 2.24) is 14.5 Å². The Morgan fingerprint density at radius 2 is 2.26 bits per heavy atom. The van der Waals surface area contributed by atoms with Crippen LogP contribution in [-0.2, 0) is 0 Å². The molecule has 1 aliphatic carbocycles. The minimum Gasteiger partial charge on any atom is -0.307 e. The number of halogens is 2. The monoisotopic (exact) mass is 279 g/mol. The maximum atomic E-state index is 14.2. The Labute approximate surface area is 113 Å². The van der Waals surface area contributed by atoms with Crippen molar-refractivity contribution >= 4 is 22.8 Å². The Bertz CT molecular complexity index is 759. The lowest BCUT2D eigenvalue weighted by Gasteiger charge is -2.25. The molecule has 0 radical (unpaired) electrons. The van der Waals surface area contributed by atoms with Gasteiger partial charge in [0.15, 0.2) is 0 Å². The number of nitrogens with one attached hydrogen (secondary N) is 1. The second-order valence-corrected chi connectivity index (χ2v) is 4.97. The third-order valence-electron chi connectivity index (χ3n) is 3.29. The zero-order valence-corrected chi connectivity index (χ0v) is 10.9. The van der Waals surface area contributed by atoms with Gasteiger partial charge < -0.3 is 9.55 Å². The number of hydrogen-bond donors (Lipinski definition) is 1. The lowest BCUT2D eigenvalue weighted by atomic mass is 9.96. The summed E-state index contributed by atoms with van der Waals surface area (Å²) in [5.74, 6) is -0.496. The summed E-state index contributed by atoms with van der Waals surface area (Å²) in [6.07, 6.45) is 4.91. The van der Waals surface area contributed by atoms with Crippen molar-refractivity contribution in [1.29, 1.82) is 0 Å². The fourth-order valence-corrected chi connectivity index (χ4v) is 2.50. The molecule has 0 aromatic carbocycles. The van der Waals surface area contributed by atoms with Crippen molar-refractivity contribution in [3.63, 3.8) is 0 Å². The Hall–Kier alpha value is -1.88. The minimum absolute atomic E-state index is 0.0800. The minimum atomic E-state index is -0.583. The summed E-state index contributed by atoms with van der Waals surface area (Å²) in [7, 11) is 0. The van der Waals surface area contributed by atoms with Gasteiger partial charge in [-0.25, -0.2) is 9.37 Å². The van der Waals surface area contributed by atoms with E-state index in [0.29, 0.717) is 11.2 Å². The first-order chi connectivity index (χ1) is 9.08. The molecule has 6 heteroatoms. The summed E-state index contributed by atoms with van der Waals surface area (Å²) in [6, 6.07) is 2.42. The fourth-order valence-electron chi connectivity index (χ4n) is 2.32. The molecule has 2 atom stereocenters. The van der Waals surface area contributed by atoms with Gasteiger partial charge in [-0.15, -0.1) is 0 Å². The molecule has 1 aliphatic rings. The van der Waals surface area contributed by atoms with E-state index in [0.717, 1.165) is 0 Å². The molecule has 4 nitrogen and oxygen atoms in total. The molecule has 0 spiro atoms. The number of aromatic nitrogens is 3. The SMILES string of the molecule is CC1C=CC(Cl)=C(F)C1n1cnc2ccc(=O)[nH]c21. The van der Waals surface area contributed by atoms with Crippen LogP contribution < -0.4 is 5.56 Å². The van der Waals surface area contributed by atoms with Crippen LogP contribution in [0.15, 0.2) is 46.3 Å². The van der Waals surface area contributed by atoms with Crippen LogP contribution in [-0.4, -0.2) is 14.5 Å². The van der Waals surface area contributed by atoms with E-state index in [9.17, 15) is 9.18 Å². The lowest BCUT2D eigenvalue weighted by molar-refractivity contribution is 0.384. The third-order valence-corrected chi connectivity index (χ3v) is 3.59. The molecule has 0 amide bonds. The number of hydrogen-bond acceptors (Lipinski definition) is 2. The van der Waals surface area contributed by atoms with E-state index in [1.54, 1.807) is 16.7 Å². The molecule has 2 unspecified atom stereocenters. The average molecular weight is 280 g/mol. The van der Waals surface area contributed by atoms with E-state index in [-0.39, 0.29) is 16.5 Å². The smallest absolute Gasteiger partial charge is 0.249 e. The summed E-state index contributed by atoms with van der Waals surface area (Å²) < 4.78 is 15.9. The van der Waals surface area contributed by atoms with Crippen molar-refractivity contribution in [2.45, 2.75) is 13.0 Å². The highest BCUT2D eigenvalue weighted by molar-refractivity contribution is 6.31. The zero-order valence-electron chi connectivity index (χ0n) is 10.1. The van der Waals surface area contributed by atoms with Gasteiger partial charge >= 0.3 is 0 Å². The van der Waals surface area contributed by atoms with Gasteiger partial charge in [-0.2, -0.15) is 0 Å². The van der Waals surface area contributed by atoms with Crippen molar-refractivity contribution in [2.24, 2.45) is 5.92 Å². The Morgan fingerprint density at radius 3 is 3.05 bits per heavy atom. The van der Waals surface area contributed by atoms with Crippen LogP contribution >= 0.6 is 11.6 Å². The van der Waals surface area contributed by atoms with Gasteiger partial charge in [-0.05, 0) is 12.1 Å². The Kier molecular flexibility index (Phi) is 2.78. The van der Waals surface area contributed by atoms with E-state index in [4.69, 9.17) is 11.6 Å². The predicted molar refractivity (Wildman–Crippen MR) is 71.7 cm³/mol. The van der Waals surface area contributed by atoms with E-state index in [1.807, 2.05) is 13.0 Å². The van der Waals surface area contributed by atoms with Crippen LogP contribution in [0.2, 0.25) is 0 Å². The maximum absolute atomic E-state index is 14.2. The standard InChI is InChI=1S/C13H11ClFN3O/c1-7-2-3-8(14)11(15)12(7)18-6-16-9-4-5-10(19)17-13(9)18/h2-7,12H,1H3,(H,17,19). The highest BCUT2D eigenvalue weighted by atomic mass is 35.5. The Balaban J connectivity index is 2.22. The molecule has 2 aromatic heterocycles. The molecule has 98 valence electrons. The largest absolute Gasteiger partial charge is 0.307 e. The number of allylic oxidation sites excluding steroid dienone is 4. The average Bonchev–Trinajstić information content (AvgIpc) is 2.78. The van der Waals surface area contributed by atoms with Crippen molar-refractivity contribution in [2.75, 3.05) is 0 Å². The maximum Gasteiger partial charge on any atom is 0.249 e. The van der Waals surface area contributed by atoms with Gasteiger partial charge in [-0.3, -0.25) is 4.79 Å². The van der Waals surface area contributed by atoms with Crippen LogP contribution in [0.4, 0.5) is 4.39 Å². The molecule has 3 rings (SSSR count). The number of rotatable bonds is 1. The first kappa shape index (κ1) is 12.2. The molecule has 1 N–H and O–H groups in total. The number of nitrogens with zero attached hydrogens (tertiary/aromatic N) is 2. The first-order valence-electron chi connectivity index (χ1n) is 5.87. The molecule has 2 aromatic rings. The van der Waals surface area contributed by atoms with Crippen LogP contribution in [0.1, 0.15) is 13.0 Å². The topological polar surface area (TPSA) is 50.7 Å². The van der Waals surface area contributed by atoms with E-state index < -0.39 is 11.9 Å². The van der Waals surface area contributed by atoms with Gasteiger partial charge in [0.05, 0.1) is 17.4 Å². The Morgan fingerprint density at radius 1 is 1.47 bits per heavy atom. The van der Waals surface area contributed by atoms with E-state index >= 15 is 0 Å². The van der Waals surface area contributed by atoms with Gasteiger partial charge in [0, 0.05) is 12.0 Å². The molecule has 0 bridgehead atoms. The van der Waals surface area contributed by atoms with Crippen molar-refractivity contribution in [3.8, 4) is 0 Å². The fraction of sp³-hybridized carbons (Fsp3) is 0.231. The third kappa shape index (κ3) is 1.90. The second-order valence-electron chi connectivity index (χ2n) is 4.57. The molecule has 2 heterocycles. The highest BCUT2D eigenvalue weighted by Gasteiger charge is 2.28. The van der Waals surface area contributed by atoms with Gasteiger partial charge in [0.1, 0.15) is 17.0 Å². The van der Waals surface area contributed by atoms with Gasteiger partial charge in [0.25, 0.3) is 0 Å². The summed E-state index contributed by atoms with van der Waals surface area (Å²) in [5, 5.41) is 0.0863. The second kappa shape index (κ2) is 4.35. The number of H-pyrrole nitrogens is 1. The molecule has 0 saturated heterocycles. The van der Waals surface area contributed by atoms with Crippen LogP contribution in [0, 0.1) is 5.92 Å². The normalized spacial score (nSPS) is 23.3. The molecular weight excluding hydrogens is 269 g/mol. The first-order valence-corrected chi connectivity index (χ1v) is 6.25. The predicted octanol–water partition coefficient (Wildman–Crippen LogP) is 2.89. The van der Waals surface area contributed by atoms with Crippen molar-refractivity contribution < 1.29 is 4.39 Å². The summed E-state index contributed by atoms with van der Waals surface area (Å²) in [5.41, 5.74) is 0.869. The summed E-state index contributed by atoms with van der Waals surface area (Å²) in [6.45, 7) is 1.89. The van der Waals surface area contributed by atoms with Crippen LogP contribution in [0.3, 0.4) is 0 Å². The summed E-state index contributed by atoms with van der Waals surface area (Å²) in [4.78, 5) is 18.2. The van der Waals surface area contributed by atoms with Crippen LogP contribution in [0.5, 0.6) is 0 Å². The molecule has 0 fully saturated rings. The molecule has 19 heavy (non-hydrogen) atoms. The lowest BCUT2D eigenvalue weighted by Crippen LogP contribution is -2.20. The van der Waals surface area contributed by atoms with E-state index in [1.165, 1.54) is 12.4 Å². The number of imidazole rings is 1. The van der Waals surface area contributed by atoms with Gasteiger partial charge in [0.2, 0.25) is 5.56 Å². The summed E-state index contributed by atoms with van der Waals surface area (Å²) >= 11 is 5.84. The number of pyridine rings is 1. The molecule has 0 saturated carbocycles. The number of fused-ring (bicyclic) bond motifs is 1. The zero-order chi connectivity index (χ0) is 13.6.